The van der Waals surface area contributed by atoms with Gasteiger partial charge in [0.25, 0.3) is 17.7 Å². The van der Waals surface area contributed by atoms with Crippen molar-refractivity contribution in [2.45, 2.75) is 10.1 Å². The van der Waals surface area contributed by atoms with Crippen molar-refractivity contribution in [3.05, 3.63) is 152 Å². The molecule has 0 bridgehead atoms. The van der Waals surface area contributed by atoms with Crippen molar-refractivity contribution in [1.29, 1.82) is 0 Å². The Morgan fingerprint density at radius 1 is 0.603 bits per heavy atom. The normalized spacial score (nSPS) is 13.4. The van der Waals surface area contributed by atoms with Crippen LogP contribution < -0.4 is 40.5 Å². The molecule has 0 saturated carbocycles. The number of pyridine rings is 5. The van der Waals surface area contributed by atoms with Crippen LogP contribution >= 0.6 is 59.6 Å². The van der Waals surface area contributed by atoms with Gasteiger partial charge in [-0.05, 0) is 96.7 Å². The maximum Gasteiger partial charge on any atom is 0.264 e. The van der Waals surface area contributed by atoms with Gasteiger partial charge in [-0.3, -0.25) is 43.2 Å². The lowest BCUT2D eigenvalue weighted by Gasteiger charge is -2.26. The molecular weight excluding hydrogens is 1210 g/mol. The van der Waals surface area contributed by atoms with Crippen LogP contribution in [0.4, 0.5) is 22.7 Å². The number of hydrogen-bond donors (Lipinski definition) is 3. The number of H-pyrrole nitrogens is 1. The van der Waals surface area contributed by atoms with Crippen LogP contribution in [0, 0.1) is 0 Å². The van der Waals surface area contributed by atoms with E-state index in [2.05, 4.69) is 88.3 Å². The number of nitrogens with zero attached hydrogens (tertiary/aromatic N) is 10. The van der Waals surface area contributed by atoms with Crippen molar-refractivity contribution in [3.63, 3.8) is 0 Å². The number of nitrogens with two attached hydrogens (primary N) is 1. The van der Waals surface area contributed by atoms with Gasteiger partial charge in [0.05, 0.1) is 47.0 Å². The summed E-state index contributed by atoms with van der Waals surface area (Å²) in [5, 5.41) is 19.7. The zero-order valence-corrected chi connectivity index (χ0v) is 46.8. The fourth-order valence-electron chi connectivity index (χ4n) is 8.54. The lowest BCUT2D eigenvalue weighted by atomic mass is 10.1. The van der Waals surface area contributed by atoms with Crippen molar-refractivity contribution >= 4 is 149 Å². The van der Waals surface area contributed by atoms with Gasteiger partial charge in [0.1, 0.15) is 17.1 Å². The topological polar surface area (TPSA) is 243 Å². The van der Waals surface area contributed by atoms with Crippen molar-refractivity contribution in [1.82, 2.24) is 44.3 Å². The van der Waals surface area contributed by atoms with E-state index in [1.165, 1.54) is 18.0 Å². The Morgan fingerprint density at radius 3 is 1.82 bits per heavy atom. The molecule has 0 radical (unpaired) electrons. The average molecular weight is 1250 g/mol. The molecule has 0 atom stereocenters. The molecule has 0 aliphatic carbocycles. The van der Waals surface area contributed by atoms with Crippen LogP contribution in [0.15, 0.2) is 157 Å². The summed E-state index contributed by atoms with van der Waals surface area (Å²) in [6.45, 7) is 0.152. The number of carbonyl (C=O) groups excluding carboxylic acids is 3. The van der Waals surface area contributed by atoms with Crippen molar-refractivity contribution in [3.8, 4) is 28.4 Å². The Hall–Kier alpha value is -8.45. The Bertz CT molecular complexity index is 4300. The molecule has 0 fully saturated rings. The monoisotopic (exact) mass is 1250 g/mol. The van der Waals surface area contributed by atoms with E-state index < -0.39 is 0 Å². The van der Waals surface area contributed by atoms with E-state index in [1.54, 1.807) is 53.2 Å². The van der Waals surface area contributed by atoms with E-state index >= 15 is 0 Å². The standard InChI is InChI=1S/C22H17N7O2S.C12H9BrN2O2.C11H7BrN2O2.C9H7BrN2O/c1-27-10-14(8-24-27)13-3-6-19-25-26-22(29(19)11-13)32-15-4-5-17-16(7-15)21-18(9-23-17)28(2)20(30)12-31-21;1-15-10-5-14-9-3-2-7(13)4-8(9)12(10)17-6-11(15)16;12-6-1-2-8-7(3-6)11-9(4-13-8)14-10(15)5-16-11;10-5-1-2-8-6(3-5)9(13)7(11)4-12-8/h3-11H,12H2,1-2H3;2-5H,6H2,1H3;1-4H,5H2,(H,14,15);1-4H,11H2,(H,12,13). The number of aryl methyl sites for hydroxylation is 1. The fraction of sp³-hybridized carbons (Fsp3) is 0.111. The van der Waals surface area contributed by atoms with Crippen molar-refractivity contribution in [2.75, 3.05) is 54.8 Å². The number of rotatable bonds is 3. The van der Waals surface area contributed by atoms with Crippen LogP contribution in [0.25, 0.3) is 60.4 Å². The first-order valence-corrected chi connectivity index (χ1v) is 26.7. The summed E-state index contributed by atoms with van der Waals surface area (Å²) in [6, 6.07) is 26.9. The number of aromatic amines is 1. The molecule has 7 aromatic heterocycles. The molecule has 0 unspecified atom stereocenters. The Morgan fingerprint density at radius 2 is 1.18 bits per heavy atom. The first kappa shape index (κ1) is 51.6. The van der Waals surface area contributed by atoms with Gasteiger partial charge in [0, 0.05) is 96.2 Å². The van der Waals surface area contributed by atoms with E-state index in [-0.39, 0.29) is 48.7 Å². The molecule has 11 aromatic rings. The number of aromatic nitrogens is 9. The largest absolute Gasteiger partial charge is 0.481 e. The number of nitrogen functional groups attached to an aromatic ring is 1. The number of fused-ring (bicyclic) bond motifs is 11. The highest BCUT2D eigenvalue weighted by atomic mass is 79.9. The van der Waals surface area contributed by atoms with Crippen LogP contribution in [0.3, 0.4) is 0 Å². The predicted octanol–water partition coefficient (Wildman–Crippen LogP) is 9.74. The fourth-order valence-corrected chi connectivity index (χ4v) is 10.5. The summed E-state index contributed by atoms with van der Waals surface area (Å²) >= 11 is 11.6. The van der Waals surface area contributed by atoms with E-state index in [0.717, 1.165) is 84.2 Å². The van der Waals surface area contributed by atoms with Gasteiger partial charge in [0.15, 0.2) is 47.9 Å². The molecule has 4 N–H and O–H groups in total. The van der Waals surface area contributed by atoms with Gasteiger partial charge in [-0.15, -0.1) is 10.2 Å². The summed E-state index contributed by atoms with van der Waals surface area (Å²) in [5.41, 5.74) is 13.7. The number of carbonyl (C=O) groups is 3. The number of ether oxygens (including phenoxy) is 3. The minimum atomic E-state index is -0.149. The van der Waals surface area contributed by atoms with E-state index in [0.29, 0.717) is 33.9 Å². The first-order chi connectivity index (χ1) is 37.6. The molecule has 14 rings (SSSR count). The summed E-state index contributed by atoms with van der Waals surface area (Å²) < 4.78 is 23.3. The molecular formula is C54H40Br3N13O7S. The molecule has 0 saturated heterocycles. The van der Waals surface area contributed by atoms with E-state index in [4.69, 9.17) is 19.9 Å². The maximum absolute atomic E-state index is 12.0. The minimum absolute atomic E-state index is 0.0198. The number of hydrogen-bond acceptors (Lipinski definition) is 15. The molecule has 3 aliphatic rings. The average Bonchev–Trinajstić information content (AvgIpc) is 4.14. The lowest BCUT2D eigenvalue weighted by molar-refractivity contribution is -0.121. The van der Waals surface area contributed by atoms with E-state index in [9.17, 15) is 19.2 Å². The number of anilines is 4. The second kappa shape index (κ2) is 21.5. The highest BCUT2D eigenvalue weighted by Crippen LogP contribution is 2.41. The highest BCUT2D eigenvalue weighted by Gasteiger charge is 2.27. The number of halogens is 3. The summed E-state index contributed by atoms with van der Waals surface area (Å²) in [4.78, 5) is 66.3. The minimum Gasteiger partial charge on any atom is -0.481 e. The van der Waals surface area contributed by atoms with Crippen LogP contribution in [-0.2, 0) is 21.4 Å². The van der Waals surface area contributed by atoms with Crippen LogP contribution in [0.1, 0.15) is 0 Å². The molecule has 3 aliphatic heterocycles. The Kier molecular flexibility index (Phi) is 14.3. The zero-order chi connectivity index (χ0) is 54.4. The second-order valence-electron chi connectivity index (χ2n) is 17.7. The molecule has 20 nitrogen and oxygen atoms in total. The third-order valence-corrected chi connectivity index (χ3v) is 15.0. The maximum atomic E-state index is 12.0. The van der Waals surface area contributed by atoms with Gasteiger partial charge in [-0.2, -0.15) is 5.10 Å². The Balaban J connectivity index is 0.000000119. The molecule has 390 valence electrons. The third-order valence-electron chi connectivity index (χ3n) is 12.6. The molecule has 10 heterocycles. The number of benzene rings is 4. The predicted molar refractivity (Wildman–Crippen MR) is 309 cm³/mol. The van der Waals surface area contributed by atoms with Gasteiger partial charge < -0.3 is 40.0 Å². The second-order valence-corrected chi connectivity index (χ2v) is 21.5. The number of amides is 3. The summed E-state index contributed by atoms with van der Waals surface area (Å²) in [6.07, 6.45) is 12.3. The van der Waals surface area contributed by atoms with E-state index in [1.807, 2.05) is 109 Å². The van der Waals surface area contributed by atoms with Gasteiger partial charge in [0.2, 0.25) is 5.43 Å². The van der Waals surface area contributed by atoms with Crippen LogP contribution in [-0.4, -0.2) is 96.0 Å². The van der Waals surface area contributed by atoms with Crippen molar-refractivity contribution in [2.24, 2.45) is 7.05 Å². The molecule has 3 amide bonds. The SMILES string of the molecule is CN1C(=O)COc2c1cnc1ccc(Br)cc21.CN1C(=O)COc2c1cnc1ccc(Sc3nnc4ccc(-c5cnn(C)c5)cn34)cc21.Nc1c[nH]c2ccc(Br)cc2c1=O.O=C1COc2c(cnc3ccc(Br)cc23)N1. The smallest absolute Gasteiger partial charge is 0.264 e. The van der Waals surface area contributed by atoms with Gasteiger partial charge in [-0.1, -0.05) is 47.8 Å². The molecule has 4 aromatic carbocycles. The van der Waals surface area contributed by atoms with Crippen LogP contribution in [0.2, 0.25) is 0 Å². The third kappa shape index (κ3) is 10.4. The zero-order valence-electron chi connectivity index (χ0n) is 41.2. The quantitative estimate of drug-likeness (QED) is 0.149. The molecule has 0 spiro atoms. The number of nitrogens with one attached hydrogen (secondary N) is 2. The molecule has 24 heteroatoms. The number of likely N-dealkylation sites (N-methyl/N-ethyl adjacent to an activating group) is 2. The summed E-state index contributed by atoms with van der Waals surface area (Å²) in [5.74, 6) is 1.77. The first-order valence-electron chi connectivity index (χ1n) is 23.5. The Labute approximate surface area is 471 Å². The lowest BCUT2D eigenvalue weighted by Crippen LogP contribution is -2.35. The molecule has 78 heavy (non-hydrogen) atoms. The van der Waals surface area contributed by atoms with Crippen molar-refractivity contribution < 1.29 is 28.6 Å². The highest BCUT2D eigenvalue weighted by molar-refractivity contribution is 9.11. The van der Waals surface area contributed by atoms with Crippen LogP contribution in [0.5, 0.6) is 17.2 Å². The summed E-state index contributed by atoms with van der Waals surface area (Å²) in [7, 11) is 5.36. The van der Waals surface area contributed by atoms with Gasteiger partial charge >= 0.3 is 0 Å². The van der Waals surface area contributed by atoms with Gasteiger partial charge in [-0.25, -0.2) is 0 Å².